The molecule has 0 amide bonds. The zero-order chi connectivity index (χ0) is 14.4. The molecule has 110 valence electrons. The van der Waals surface area contributed by atoms with Gasteiger partial charge in [-0.05, 0) is 51.4 Å². The molecule has 20 heavy (non-hydrogen) atoms. The van der Waals surface area contributed by atoms with Gasteiger partial charge < -0.3 is 14.8 Å². The van der Waals surface area contributed by atoms with Gasteiger partial charge in [0.15, 0.2) is 17.3 Å². The van der Waals surface area contributed by atoms with E-state index in [4.69, 9.17) is 9.47 Å². The van der Waals surface area contributed by atoms with Gasteiger partial charge in [0, 0.05) is 5.56 Å². The second-order valence-electron chi connectivity index (χ2n) is 4.89. The number of hydrogen-bond donors (Lipinski definition) is 1. The zero-order valence-corrected chi connectivity index (χ0v) is 12.3. The molecule has 1 atom stereocenters. The fourth-order valence-electron chi connectivity index (χ4n) is 2.48. The number of hydrogen-bond acceptors (Lipinski definition) is 4. The summed E-state index contributed by atoms with van der Waals surface area (Å²) in [5.41, 5.74) is 0.691. The number of Topliss-reactive ketones (excluding diaryl/α,β-unsaturated/α-hetero) is 1. The van der Waals surface area contributed by atoms with Gasteiger partial charge in [0.05, 0.1) is 19.3 Å². The molecular weight excluding hydrogens is 254 g/mol. The Balaban J connectivity index is 2.18. The molecule has 1 saturated heterocycles. The van der Waals surface area contributed by atoms with Crippen molar-refractivity contribution in [3.8, 4) is 11.5 Å². The van der Waals surface area contributed by atoms with E-state index in [1.165, 1.54) is 0 Å². The Morgan fingerprint density at radius 1 is 1.20 bits per heavy atom. The molecule has 4 heteroatoms. The van der Waals surface area contributed by atoms with E-state index in [2.05, 4.69) is 5.32 Å². The summed E-state index contributed by atoms with van der Waals surface area (Å²) in [7, 11) is 0. The number of benzene rings is 1. The second kappa shape index (κ2) is 7.29. The van der Waals surface area contributed by atoms with Crippen LogP contribution in [0.3, 0.4) is 0 Å². The fraction of sp³-hybridized carbons (Fsp3) is 0.562. The zero-order valence-electron chi connectivity index (χ0n) is 12.3. The van der Waals surface area contributed by atoms with Gasteiger partial charge in [-0.1, -0.05) is 6.42 Å². The monoisotopic (exact) mass is 277 g/mol. The van der Waals surface area contributed by atoms with Crippen molar-refractivity contribution in [3.63, 3.8) is 0 Å². The molecule has 1 aromatic rings. The van der Waals surface area contributed by atoms with Crippen LogP contribution >= 0.6 is 0 Å². The molecule has 1 N–H and O–H groups in total. The third-order valence-corrected chi connectivity index (χ3v) is 3.45. The molecule has 4 nitrogen and oxygen atoms in total. The van der Waals surface area contributed by atoms with Gasteiger partial charge in [-0.25, -0.2) is 0 Å². The Morgan fingerprint density at radius 3 is 2.60 bits per heavy atom. The largest absolute Gasteiger partial charge is 0.490 e. The molecule has 0 aliphatic carbocycles. The van der Waals surface area contributed by atoms with E-state index >= 15 is 0 Å². The summed E-state index contributed by atoms with van der Waals surface area (Å²) < 4.78 is 11.1. The third kappa shape index (κ3) is 3.51. The maximum absolute atomic E-state index is 12.5. The third-order valence-electron chi connectivity index (χ3n) is 3.45. The lowest BCUT2D eigenvalue weighted by Crippen LogP contribution is -2.40. The van der Waals surface area contributed by atoms with Gasteiger partial charge in [-0.2, -0.15) is 0 Å². The van der Waals surface area contributed by atoms with E-state index in [0.717, 1.165) is 25.8 Å². The highest BCUT2D eigenvalue weighted by molar-refractivity contribution is 6.00. The van der Waals surface area contributed by atoms with Crippen LogP contribution < -0.4 is 14.8 Å². The second-order valence-corrected chi connectivity index (χ2v) is 4.89. The van der Waals surface area contributed by atoms with E-state index in [0.29, 0.717) is 30.3 Å². The summed E-state index contributed by atoms with van der Waals surface area (Å²) in [6, 6.07) is 5.39. The normalized spacial score (nSPS) is 18.6. The van der Waals surface area contributed by atoms with Crippen LogP contribution in [-0.4, -0.2) is 31.6 Å². The number of ketones is 1. The van der Waals surface area contributed by atoms with Crippen molar-refractivity contribution in [1.82, 2.24) is 5.32 Å². The van der Waals surface area contributed by atoms with Crippen molar-refractivity contribution in [3.05, 3.63) is 23.8 Å². The maximum Gasteiger partial charge on any atom is 0.179 e. The quantitative estimate of drug-likeness (QED) is 0.812. The lowest BCUT2D eigenvalue weighted by atomic mass is 9.96. The van der Waals surface area contributed by atoms with Gasteiger partial charge in [-0.3, -0.25) is 4.79 Å². The Morgan fingerprint density at radius 2 is 1.95 bits per heavy atom. The van der Waals surface area contributed by atoms with Gasteiger partial charge in [0.25, 0.3) is 0 Å². The Kier molecular flexibility index (Phi) is 5.41. The lowest BCUT2D eigenvalue weighted by molar-refractivity contribution is 0.0926. The Labute approximate surface area is 120 Å². The van der Waals surface area contributed by atoms with E-state index < -0.39 is 0 Å². The molecule has 1 fully saturated rings. The summed E-state index contributed by atoms with van der Waals surface area (Å²) in [5, 5.41) is 3.29. The van der Waals surface area contributed by atoms with Crippen molar-refractivity contribution in [2.24, 2.45) is 0 Å². The Bertz CT molecular complexity index is 453. The minimum Gasteiger partial charge on any atom is -0.490 e. The number of piperidine rings is 1. The SMILES string of the molecule is CCOc1ccc(C(=O)C2CCCCN2)cc1OCC. The van der Waals surface area contributed by atoms with Crippen LogP contribution in [0.4, 0.5) is 0 Å². The van der Waals surface area contributed by atoms with Gasteiger partial charge in [-0.15, -0.1) is 0 Å². The predicted octanol–water partition coefficient (Wildman–Crippen LogP) is 2.81. The van der Waals surface area contributed by atoms with E-state index in [9.17, 15) is 4.79 Å². The molecule has 1 unspecified atom stereocenters. The molecule has 0 radical (unpaired) electrons. The van der Waals surface area contributed by atoms with Crippen molar-refractivity contribution in [2.45, 2.75) is 39.2 Å². The molecule has 1 aliphatic rings. The number of rotatable bonds is 6. The first-order chi connectivity index (χ1) is 9.76. The molecule has 1 heterocycles. The standard InChI is InChI=1S/C16H23NO3/c1-3-19-14-9-8-12(11-15(14)20-4-2)16(18)13-7-5-6-10-17-13/h8-9,11,13,17H,3-7,10H2,1-2H3. The molecule has 0 spiro atoms. The van der Waals surface area contributed by atoms with E-state index in [1.807, 2.05) is 26.0 Å². The molecule has 1 aliphatic heterocycles. The molecular formula is C16H23NO3. The highest BCUT2D eigenvalue weighted by atomic mass is 16.5. The number of carbonyl (C=O) groups excluding carboxylic acids is 1. The molecule has 2 rings (SSSR count). The summed E-state index contributed by atoms with van der Waals surface area (Å²) in [5.74, 6) is 1.49. The van der Waals surface area contributed by atoms with E-state index in [-0.39, 0.29) is 11.8 Å². The van der Waals surface area contributed by atoms with Crippen LogP contribution in [0, 0.1) is 0 Å². The van der Waals surface area contributed by atoms with Gasteiger partial charge in [0.2, 0.25) is 0 Å². The van der Waals surface area contributed by atoms with Crippen LogP contribution in [0.5, 0.6) is 11.5 Å². The molecule has 0 saturated carbocycles. The van der Waals surface area contributed by atoms with Crippen molar-refractivity contribution in [1.29, 1.82) is 0 Å². The smallest absolute Gasteiger partial charge is 0.179 e. The molecule has 0 bridgehead atoms. The highest BCUT2D eigenvalue weighted by Gasteiger charge is 2.22. The number of ether oxygens (including phenoxy) is 2. The van der Waals surface area contributed by atoms with Gasteiger partial charge >= 0.3 is 0 Å². The number of nitrogens with one attached hydrogen (secondary N) is 1. The predicted molar refractivity (Wildman–Crippen MR) is 78.8 cm³/mol. The minimum absolute atomic E-state index is 0.0591. The van der Waals surface area contributed by atoms with Crippen molar-refractivity contribution >= 4 is 5.78 Å². The fourth-order valence-corrected chi connectivity index (χ4v) is 2.48. The minimum atomic E-state index is -0.0591. The van der Waals surface area contributed by atoms with Crippen molar-refractivity contribution in [2.75, 3.05) is 19.8 Å². The maximum atomic E-state index is 12.5. The average Bonchev–Trinajstić information content (AvgIpc) is 2.50. The summed E-state index contributed by atoms with van der Waals surface area (Å²) in [6.07, 6.45) is 3.17. The first kappa shape index (κ1) is 14.9. The van der Waals surface area contributed by atoms with Crippen LogP contribution in [0.2, 0.25) is 0 Å². The van der Waals surface area contributed by atoms with Crippen LogP contribution in [0.15, 0.2) is 18.2 Å². The molecule has 0 aromatic heterocycles. The summed E-state index contributed by atoms with van der Waals surface area (Å²) in [4.78, 5) is 12.5. The van der Waals surface area contributed by atoms with Gasteiger partial charge in [0.1, 0.15) is 0 Å². The Hall–Kier alpha value is -1.55. The number of carbonyl (C=O) groups is 1. The highest BCUT2D eigenvalue weighted by Crippen LogP contribution is 2.29. The van der Waals surface area contributed by atoms with E-state index in [1.54, 1.807) is 6.07 Å². The topological polar surface area (TPSA) is 47.6 Å². The first-order valence-corrected chi connectivity index (χ1v) is 7.43. The lowest BCUT2D eigenvalue weighted by Gasteiger charge is -2.22. The summed E-state index contributed by atoms with van der Waals surface area (Å²) >= 11 is 0. The van der Waals surface area contributed by atoms with Crippen LogP contribution in [0.25, 0.3) is 0 Å². The first-order valence-electron chi connectivity index (χ1n) is 7.43. The van der Waals surface area contributed by atoms with Crippen LogP contribution in [0.1, 0.15) is 43.5 Å². The molecule has 1 aromatic carbocycles. The van der Waals surface area contributed by atoms with Crippen molar-refractivity contribution < 1.29 is 14.3 Å². The van der Waals surface area contributed by atoms with Crippen LogP contribution in [-0.2, 0) is 0 Å². The average molecular weight is 277 g/mol. The summed E-state index contributed by atoms with van der Waals surface area (Å²) in [6.45, 7) is 5.91.